The molecule has 2 aromatic rings. The summed E-state index contributed by atoms with van der Waals surface area (Å²) in [5, 5.41) is 13.5. The van der Waals surface area contributed by atoms with Gasteiger partial charge in [0.05, 0.1) is 11.5 Å². The van der Waals surface area contributed by atoms with Gasteiger partial charge in [-0.25, -0.2) is 0 Å². The van der Waals surface area contributed by atoms with Crippen LogP contribution in [0.25, 0.3) is 0 Å². The second kappa shape index (κ2) is 7.24. The third kappa shape index (κ3) is 4.06. The molecule has 5 heteroatoms. The summed E-state index contributed by atoms with van der Waals surface area (Å²) in [5.41, 5.74) is 1.79. The van der Waals surface area contributed by atoms with Crippen molar-refractivity contribution in [3.8, 4) is 5.75 Å². The molecule has 0 bridgehead atoms. The average molecular weight is 305 g/mol. The summed E-state index contributed by atoms with van der Waals surface area (Å²) >= 11 is 1.45. The van der Waals surface area contributed by atoms with Crippen LogP contribution < -0.4 is 10.1 Å². The molecule has 0 fully saturated rings. The molecule has 2 rings (SSSR count). The maximum atomic E-state index is 12.3. The number of amides is 1. The molecule has 2 N–H and O–H groups in total. The van der Waals surface area contributed by atoms with Gasteiger partial charge in [0.25, 0.3) is 5.91 Å². The van der Waals surface area contributed by atoms with E-state index in [4.69, 9.17) is 9.84 Å². The number of aliphatic hydroxyl groups is 1. The lowest BCUT2D eigenvalue weighted by atomic mass is 10.0. The summed E-state index contributed by atoms with van der Waals surface area (Å²) in [6.07, 6.45) is 0. The zero-order valence-electron chi connectivity index (χ0n) is 12.1. The highest BCUT2D eigenvalue weighted by Gasteiger charge is 2.15. The SMILES string of the molecule is CC(C)c1ccsc1C(=O)Nc1ccc(OCCO)cc1. The molecule has 21 heavy (non-hydrogen) atoms. The Hall–Kier alpha value is -1.85. The number of carbonyl (C=O) groups excluding carboxylic acids is 1. The lowest BCUT2D eigenvalue weighted by Gasteiger charge is -2.09. The smallest absolute Gasteiger partial charge is 0.266 e. The van der Waals surface area contributed by atoms with Crippen molar-refractivity contribution in [3.63, 3.8) is 0 Å². The lowest BCUT2D eigenvalue weighted by molar-refractivity contribution is 0.102. The summed E-state index contributed by atoms with van der Waals surface area (Å²) in [7, 11) is 0. The molecule has 0 unspecified atom stereocenters. The van der Waals surface area contributed by atoms with Gasteiger partial charge in [0.2, 0.25) is 0 Å². The van der Waals surface area contributed by atoms with Crippen LogP contribution in [-0.2, 0) is 0 Å². The molecule has 0 atom stereocenters. The van der Waals surface area contributed by atoms with Crippen molar-refractivity contribution >= 4 is 22.9 Å². The Bertz CT molecular complexity index is 590. The molecule has 0 aliphatic rings. The van der Waals surface area contributed by atoms with E-state index in [2.05, 4.69) is 19.2 Å². The summed E-state index contributed by atoms with van der Waals surface area (Å²) in [5.74, 6) is 0.907. The minimum Gasteiger partial charge on any atom is -0.491 e. The highest BCUT2D eigenvalue weighted by atomic mass is 32.1. The molecule has 1 aromatic heterocycles. The zero-order chi connectivity index (χ0) is 15.2. The van der Waals surface area contributed by atoms with Gasteiger partial charge in [0, 0.05) is 5.69 Å². The molecule has 0 aliphatic heterocycles. The monoisotopic (exact) mass is 305 g/mol. The van der Waals surface area contributed by atoms with Crippen LogP contribution in [0.15, 0.2) is 35.7 Å². The first-order valence-corrected chi connectivity index (χ1v) is 7.72. The van der Waals surface area contributed by atoms with E-state index in [1.807, 2.05) is 11.4 Å². The van der Waals surface area contributed by atoms with Crippen LogP contribution in [0.4, 0.5) is 5.69 Å². The maximum absolute atomic E-state index is 12.3. The second-order valence-corrected chi connectivity index (χ2v) is 5.83. The Morgan fingerprint density at radius 1 is 1.29 bits per heavy atom. The van der Waals surface area contributed by atoms with Crippen molar-refractivity contribution in [2.45, 2.75) is 19.8 Å². The van der Waals surface area contributed by atoms with Gasteiger partial charge in [-0.15, -0.1) is 11.3 Å². The van der Waals surface area contributed by atoms with E-state index in [1.54, 1.807) is 24.3 Å². The first-order valence-electron chi connectivity index (χ1n) is 6.84. The Balaban J connectivity index is 2.04. The van der Waals surface area contributed by atoms with E-state index in [1.165, 1.54) is 11.3 Å². The highest BCUT2D eigenvalue weighted by Crippen LogP contribution is 2.26. The van der Waals surface area contributed by atoms with E-state index in [-0.39, 0.29) is 19.1 Å². The average Bonchev–Trinajstić information content (AvgIpc) is 2.96. The number of rotatable bonds is 6. The summed E-state index contributed by atoms with van der Waals surface area (Å²) in [6, 6.07) is 9.10. The van der Waals surface area contributed by atoms with Gasteiger partial charge in [-0.3, -0.25) is 4.79 Å². The molecule has 0 saturated heterocycles. The molecular weight excluding hydrogens is 286 g/mol. The zero-order valence-corrected chi connectivity index (χ0v) is 12.9. The Labute approximate surface area is 128 Å². The van der Waals surface area contributed by atoms with E-state index in [9.17, 15) is 4.79 Å². The summed E-state index contributed by atoms with van der Waals surface area (Å²) in [6.45, 7) is 4.39. The molecule has 1 amide bonds. The van der Waals surface area contributed by atoms with Gasteiger partial charge in [-0.05, 0) is 47.2 Å². The van der Waals surface area contributed by atoms with Crippen LogP contribution in [0.3, 0.4) is 0 Å². The molecule has 0 radical (unpaired) electrons. The fourth-order valence-electron chi connectivity index (χ4n) is 1.94. The number of benzene rings is 1. The number of anilines is 1. The lowest BCUT2D eigenvalue weighted by Crippen LogP contribution is -2.12. The van der Waals surface area contributed by atoms with Crippen LogP contribution in [0, 0.1) is 0 Å². The minimum atomic E-state index is -0.0854. The predicted octanol–water partition coefficient (Wildman–Crippen LogP) is 3.49. The van der Waals surface area contributed by atoms with Gasteiger partial charge in [0.1, 0.15) is 12.4 Å². The predicted molar refractivity (Wildman–Crippen MR) is 85.4 cm³/mol. The number of aliphatic hydroxyl groups excluding tert-OH is 1. The van der Waals surface area contributed by atoms with Gasteiger partial charge in [-0.1, -0.05) is 13.8 Å². The number of thiophene rings is 1. The topological polar surface area (TPSA) is 58.6 Å². The van der Waals surface area contributed by atoms with Gasteiger partial charge < -0.3 is 15.2 Å². The number of nitrogens with one attached hydrogen (secondary N) is 1. The summed E-state index contributed by atoms with van der Waals surface area (Å²) < 4.78 is 5.28. The quantitative estimate of drug-likeness (QED) is 0.859. The van der Waals surface area contributed by atoms with Crippen molar-refractivity contribution < 1.29 is 14.6 Å². The Kier molecular flexibility index (Phi) is 5.36. The molecular formula is C16H19NO3S. The Morgan fingerprint density at radius 2 is 2.00 bits per heavy atom. The minimum absolute atomic E-state index is 0.0190. The normalized spacial score (nSPS) is 10.7. The van der Waals surface area contributed by atoms with Crippen molar-refractivity contribution in [2.24, 2.45) is 0 Å². The number of carbonyl (C=O) groups is 1. The maximum Gasteiger partial charge on any atom is 0.266 e. The van der Waals surface area contributed by atoms with E-state index < -0.39 is 0 Å². The second-order valence-electron chi connectivity index (χ2n) is 4.91. The van der Waals surface area contributed by atoms with Crippen molar-refractivity contribution in [1.82, 2.24) is 0 Å². The molecule has 1 heterocycles. The van der Waals surface area contributed by atoms with Gasteiger partial charge in [-0.2, -0.15) is 0 Å². The van der Waals surface area contributed by atoms with Crippen molar-refractivity contribution in [3.05, 3.63) is 46.2 Å². The number of hydrogen-bond donors (Lipinski definition) is 2. The van der Waals surface area contributed by atoms with Crippen LogP contribution in [-0.4, -0.2) is 24.2 Å². The molecule has 1 aromatic carbocycles. The van der Waals surface area contributed by atoms with E-state index in [0.717, 1.165) is 16.1 Å². The standard InChI is InChI=1S/C16H19NO3S/c1-11(2)14-7-10-21-15(14)16(19)17-12-3-5-13(6-4-12)20-9-8-18/h3-7,10-11,18H,8-9H2,1-2H3,(H,17,19). The van der Waals surface area contributed by atoms with Gasteiger partial charge >= 0.3 is 0 Å². The van der Waals surface area contributed by atoms with Crippen LogP contribution in [0.2, 0.25) is 0 Å². The molecule has 4 nitrogen and oxygen atoms in total. The fraction of sp³-hybridized carbons (Fsp3) is 0.312. The molecule has 0 saturated carbocycles. The van der Waals surface area contributed by atoms with E-state index >= 15 is 0 Å². The molecule has 0 spiro atoms. The molecule has 0 aliphatic carbocycles. The number of hydrogen-bond acceptors (Lipinski definition) is 4. The van der Waals surface area contributed by atoms with Crippen LogP contribution in [0.5, 0.6) is 5.75 Å². The largest absolute Gasteiger partial charge is 0.491 e. The highest BCUT2D eigenvalue weighted by molar-refractivity contribution is 7.12. The first-order chi connectivity index (χ1) is 10.1. The van der Waals surface area contributed by atoms with Crippen LogP contribution in [0.1, 0.15) is 35.0 Å². The molecule has 112 valence electrons. The van der Waals surface area contributed by atoms with Crippen LogP contribution >= 0.6 is 11.3 Å². The third-order valence-electron chi connectivity index (χ3n) is 3.00. The fourth-order valence-corrected chi connectivity index (χ4v) is 2.89. The third-order valence-corrected chi connectivity index (χ3v) is 3.93. The van der Waals surface area contributed by atoms with Gasteiger partial charge in [0.15, 0.2) is 0 Å². The number of ether oxygens (including phenoxy) is 1. The first kappa shape index (κ1) is 15.5. The summed E-state index contributed by atoms with van der Waals surface area (Å²) in [4.78, 5) is 13.0. The van der Waals surface area contributed by atoms with Crippen molar-refractivity contribution in [2.75, 3.05) is 18.5 Å². The Morgan fingerprint density at radius 3 is 2.62 bits per heavy atom. The van der Waals surface area contributed by atoms with E-state index in [0.29, 0.717) is 11.7 Å². The van der Waals surface area contributed by atoms with Crippen molar-refractivity contribution in [1.29, 1.82) is 0 Å².